The maximum atomic E-state index is 10.6. The van der Waals surface area contributed by atoms with Gasteiger partial charge in [0.1, 0.15) is 0 Å². The maximum Gasteiger partial charge on any atom is 0.219 e. The first-order valence-corrected chi connectivity index (χ1v) is 5.15. The van der Waals surface area contributed by atoms with Crippen molar-refractivity contribution in [3.05, 3.63) is 0 Å². The standard InChI is InChI=1S/C6H11NO.C4H9NO/c8-6-4-2-1-3-5-7-6;1-3-4(2)5-6/h1-5H2,(H,7,8);6H,3H2,1-2H3. The maximum absolute atomic E-state index is 10.6. The molecule has 0 aliphatic carbocycles. The van der Waals surface area contributed by atoms with Gasteiger partial charge in [0.05, 0.1) is 5.71 Å². The Morgan fingerprint density at radius 1 is 1.50 bits per heavy atom. The van der Waals surface area contributed by atoms with Crippen molar-refractivity contribution < 1.29 is 10.0 Å². The molecule has 1 heterocycles. The smallest absolute Gasteiger partial charge is 0.219 e. The molecule has 0 saturated carbocycles. The molecule has 0 bridgehead atoms. The molecular weight excluding hydrogens is 180 g/mol. The molecule has 0 spiro atoms. The second-order valence-corrected chi connectivity index (χ2v) is 3.35. The van der Waals surface area contributed by atoms with Crippen LogP contribution in [-0.2, 0) is 4.79 Å². The summed E-state index contributed by atoms with van der Waals surface area (Å²) in [6, 6.07) is 0. The molecule has 1 fully saturated rings. The van der Waals surface area contributed by atoms with Crippen LogP contribution in [0.2, 0.25) is 0 Å². The van der Waals surface area contributed by atoms with E-state index < -0.39 is 0 Å². The molecule has 0 atom stereocenters. The van der Waals surface area contributed by atoms with Crippen molar-refractivity contribution in [3.63, 3.8) is 0 Å². The number of oxime groups is 1. The summed E-state index contributed by atoms with van der Waals surface area (Å²) >= 11 is 0. The Bertz CT molecular complexity index is 181. The van der Waals surface area contributed by atoms with E-state index in [0.717, 1.165) is 37.9 Å². The number of hydrogen-bond donors (Lipinski definition) is 2. The van der Waals surface area contributed by atoms with Gasteiger partial charge in [0.25, 0.3) is 0 Å². The minimum atomic E-state index is 0.225. The Kier molecular flexibility index (Phi) is 7.89. The van der Waals surface area contributed by atoms with E-state index in [1.807, 2.05) is 6.92 Å². The van der Waals surface area contributed by atoms with Gasteiger partial charge in [0, 0.05) is 13.0 Å². The van der Waals surface area contributed by atoms with E-state index in [0.29, 0.717) is 0 Å². The van der Waals surface area contributed by atoms with Gasteiger partial charge in [-0.2, -0.15) is 0 Å². The van der Waals surface area contributed by atoms with Crippen LogP contribution in [0.5, 0.6) is 0 Å². The summed E-state index contributed by atoms with van der Waals surface area (Å²) in [5.74, 6) is 0.225. The van der Waals surface area contributed by atoms with Crippen LogP contribution < -0.4 is 5.32 Å². The second kappa shape index (κ2) is 8.53. The van der Waals surface area contributed by atoms with Gasteiger partial charge in [-0.3, -0.25) is 4.79 Å². The molecule has 2 N–H and O–H groups in total. The Hall–Kier alpha value is -1.06. The molecule has 4 nitrogen and oxygen atoms in total. The molecule has 0 unspecified atom stereocenters. The van der Waals surface area contributed by atoms with Crippen LogP contribution in [0, 0.1) is 0 Å². The third kappa shape index (κ3) is 7.58. The van der Waals surface area contributed by atoms with Crippen LogP contribution in [0.25, 0.3) is 0 Å². The van der Waals surface area contributed by atoms with Crippen LogP contribution in [0.4, 0.5) is 0 Å². The predicted octanol–water partition coefficient (Wildman–Crippen LogP) is 1.92. The first-order chi connectivity index (χ1) is 6.70. The number of rotatable bonds is 1. The van der Waals surface area contributed by atoms with Crippen molar-refractivity contribution >= 4 is 11.6 Å². The minimum absolute atomic E-state index is 0.225. The Balaban J connectivity index is 0.000000255. The molecule has 82 valence electrons. The molecule has 0 aromatic rings. The molecule has 4 heteroatoms. The average Bonchev–Trinajstić information content (AvgIpc) is 2.45. The highest BCUT2D eigenvalue weighted by Crippen LogP contribution is 2.02. The fourth-order valence-electron chi connectivity index (χ4n) is 0.974. The van der Waals surface area contributed by atoms with Crippen LogP contribution in [-0.4, -0.2) is 23.4 Å². The number of nitrogens with zero attached hydrogens (tertiary/aromatic N) is 1. The molecular formula is C10H20N2O2. The van der Waals surface area contributed by atoms with Gasteiger partial charge in [0.15, 0.2) is 0 Å². The van der Waals surface area contributed by atoms with Gasteiger partial charge in [-0.15, -0.1) is 0 Å². The third-order valence-corrected chi connectivity index (χ3v) is 2.09. The quantitative estimate of drug-likeness (QED) is 0.386. The van der Waals surface area contributed by atoms with Crippen LogP contribution >= 0.6 is 0 Å². The molecule has 14 heavy (non-hydrogen) atoms. The van der Waals surface area contributed by atoms with E-state index in [1.165, 1.54) is 6.42 Å². The lowest BCUT2D eigenvalue weighted by Crippen LogP contribution is -2.21. The third-order valence-electron chi connectivity index (χ3n) is 2.09. The fraction of sp³-hybridized carbons (Fsp3) is 0.800. The first-order valence-electron chi connectivity index (χ1n) is 5.15. The summed E-state index contributed by atoms with van der Waals surface area (Å²) in [7, 11) is 0. The molecule has 0 aromatic carbocycles. The zero-order chi connectivity index (χ0) is 10.8. The lowest BCUT2D eigenvalue weighted by molar-refractivity contribution is -0.120. The number of amides is 1. The van der Waals surface area contributed by atoms with Crippen LogP contribution in [0.1, 0.15) is 46.0 Å². The highest BCUT2D eigenvalue weighted by atomic mass is 16.4. The monoisotopic (exact) mass is 200 g/mol. The molecule has 0 radical (unpaired) electrons. The van der Waals surface area contributed by atoms with E-state index in [1.54, 1.807) is 6.92 Å². The predicted molar refractivity (Wildman–Crippen MR) is 56.7 cm³/mol. The van der Waals surface area contributed by atoms with Crippen molar-refractivity contribution in [2.24, 2.45) is 5.16 Å². The largest absolute Gasteiger partial charge is 0.411 e. The van der Waals surface area contributed by atoms with Crippen molar-refractivity contribution in [1.29, 1.82) is 0 Å². The summed E-state index contributed by atoms with van der Waals surface area (Å²) in [5.41, 5.74) is 0.773. The number of carbonyl (C=O) groups excluding carboxylic acids is 1. The SMILES string of the molecule is CCC(C)=NO.O=C1CCCCCN1. The Labute approximate surface area is 85.4 Å². The molecule has 1 aliphatic heterocycles. The zero-order valence-electron chi connectivity index (χ0n) is 9.05. The van der Waals surface area contributed by atoms with Crippen molar-refractivity contribution in [2.75, 3.05) is 6.54 Å². The zero-order valence-corrected chi connectivity index (χ0v) is 9.05. The van der Waals surface area contributed by atoms with E-state index >= 15 is 0 Å². The van der Waals surface area contributed by atoms with Gasteiger partial charge >= 0.3 is 0 Å². The topological polar surface area (TPSA) is 61.7 Å². The average molecular weight is 200 g/mol. The summed E-state index contributed by atoms with van der Waals surface area (Å²) in [4.78, 5) is 10.6. The van der Waals surface area contributed by atoms with Crippen LogP contribution in [0.3, 0.4) is 0 Å². The van der Waals surface area contributed by atoms with Crippen molar-refractivity contribution in [3.8, 4) is 0 Å². The summed E-state index contributed by atoms with van der Waals surface area (Å²) < 4.78 is 0. The second-order valence-electron chi connectivity index (χ2n) is 3.35. The van der Waals surface area contributed by atoms with E-state index in [-0.39, 0.29) is 5.91 Å². The van der Waals surface area contributed by atoms with E-state index in [4.69, 9.17) is 5.21 Å². The lowest BCUT2D eigenvalue weighted by atomic mass is 10.2. The van der Waals surface area contributed by atoms with Crippen LogP contribution in [0.15, 0.2) is 5.16 Å². The van der Waals surface area contributed by atoms with Gasteiger partial charge in [-0.05, 0) is 26.2 Å². The van der Waals surface area contributed by atoms with Gasteiger partial charge < -0.3 is 10.5 Å². The van der Waals surface area contributed by atoms with Gasteiger partial charge in [-0.25, -0.2) is 0 Å². The molecule has 1 saturated heterocycles. The summed E-state index contributed by atoms with van der Waals surface area (Å²) in [6.45, 7) is 4.61. The fourth-order valence-corrected chi connectivity index (χ4v) is 0.974. The highest BCUT2D eigenvalue weighted by Gasteiger charge is 2.03. The number of carbonyl (C=O) groups is 1. The normalized spacial score (nSPS) is 17.6. The van der Waals surface area contributed by atoms with E-state index in [9.17, 15) is 4.79 Å². The Morgan fingerprint density at radius 3 is 2.71 bits per heavy atom. The first kappa shape index (κ1) is 12.9. The van der Waals surface area contributed by atoms with Crippen molar-refractivity contribution in [1.82, 2.24) is 5.32 Å². The molecule has 1 aliphatic rings. The highest BCUT2D eigenvalue weighted by molar-refractivity contribution is 5.80. The number of nitrogens with one attached hydrogen (secondary N) is 1. The number of hydrogen-bond acceptors (Lipinski definition) is 3. The summed E-state index contributed by atoms with van der Waals surface area (Å²) in [5, 5.41) is 13.7. The van der Waals surface area contributed by atoms with Gasteiger partial charge in [-0.1, -0.05) is 18.5 Å². The minimum Gasteiger partial charge on any atom is -0.411 e. The molecule has 1 amide bonds. The lowest BCUT2D eigenvalue weighted by Gasteiger charge is -1.93. The molecule has 1 rings (SSSR count). The van der Waals surface area contributed by atoms with Crippen molar-refractivity contribution in [2.45, 2.75) is 46.0 Å². The molecule has 0 aromatic heterocycles. The Morgan fingerprint density at radius 2 is 2.21 bits per heavy atom. The van der Waals surface area contributed by atoms with E-state index in [2.05, 4.69) is 10.5 Å². The summed E-state index contributed by atoms with van der Waals surface area (Å²) in [6.07, 6.45) is 5.01. The van der Waals surface area contributed by atoms with Gasteiger partial charge in [0.2, 0.25) is 5.91 Å².